The summed E-state index contributed by atoms with van der Waals surface area (Å²) in [7, 11) is 0. The minimum atomic E-state index is -0.679. The van der Waals surface area contributed by atoms with E-state index < -0.39 is 5.60 Å². The molecule has 0 heterocycles. The van der Waals surface area contributed by atoms with Crippen molar-refractivity contribution in [1.82, 2.24) is 0 Å². The maximum atomic E-state index is 10.7. The van der Waals surface area contributed by atoms with Gasteiger partial charge in [0.25, 0.3) is 0 Å². The third-order valence-electron chi connectivity index (χ3n) is 4.09. The van der Waals surface area contributed by atoms with Crippen LogP contribution in [0.5, 0.6) is 0 Å². The van der Waals surface area contributed by atoms with Crippen molar-refractivity contribution < 1.29 is 5.11 Å². The molecule has 2 heteroatoms. The smallest absolute Gasteiger partial charge is 0.0896 e. The van der Waals surface area contributed by atoms with Crippen LogP contribution in [-0.4, -0.2) is 11.7 Å². The van der Waals surface area contributed by atoms with Crippen LogP contribution in [0, 0.1) is 5.92 Å². The zero-order valence-corrected chi connectivity index (χ0v) is 10.7. The summed E-state index contributed by atoms with van der Waals surface area (Å²) < 4.78 is 0. The Labute approximate surface area is 104 Å². The van der Waals surface area contributed by atoms with E-state index in [1.807, 2.05) is 19.1 Å². The number of rotatable bonds is 4. The van der Waals surface area contributed by atoms with E-state index in [0.29, 0.717) is 12.5 Å². The van der Waals surface area contributed by atoms with E-state index in [2.05, 4.69) is 12.1 Å². The first-order chi connectivity index (χ1) is 8.14. The molecule has 1 saturated carbocycles. The monoisotopic (exact) mass is 233 g/mol. The lowest BCUT2D eigenvalue weighted by Crippen LogP contribution is -2.30. The summed E-state index contributed by atoms with van der Waals surface area (Å²) in [5.74, 6) is 0.413. The molecule has 1 unspecified atom stereocenters. The molecular weight excluding hydrogens is 210 g/mol. The molecule has 2 rings (SSSR count). The second-order valence-corrected chi connectivity index (χ2v) is 5.37. The average Bonchev–Trinajstić information content (AvgIpc) is 2.84. The molecule has 1 atom stereocenters. The predicted octanol–water partition coefficient (Wildman–Crippen LogP) is 2.59. The SMILES string of the molecule is CC(O)(c1cccc(CCN)c1)C1CCCC1. The van der Waals surface area contributed by atoms with E-state index >= 15 is 0 Å². The molecule has 0 radical (unpaired) electrons. The van der Waals surface area contributed by atoms with E-state index in [1.165, 1.54) is 18.4 Å². The number of aliphatic hydroxyl groups is 1. The molecule has 0 saturated heterocycles. The molecular formula is C15H23NO. The third-order valence-corrected chi connectivity index (χ3v) is 4.09. The fraction of sp³-hybridized carbons (Fsp3) is 0.600. The summed E-state index contributed by atoms with van der Waals surface area (Å²) in [4.78, 5) is 0. The molecule has 1 aliphatic carbocycles. The first-order valence-corrected chi connectivity index (χ1v) is 6.66. The fourth-order valence-electron chi connectivity index (χ4n) is 2.93. The van der Waals surface area contributed by atoms with Crippen molar-refractivity contribution in [3.05, 3.63) is 35.4 Å². The Hall–Kier alpha value is -0.860. The summed E-state index contributed by atoms with van der Waals surface area (Å²) in [6, 6.07) is 8.27. The lowest BCUT2D eigenvalue weighted by atomic mass is 9.81. The van der Waals surface area contributed by atoms with Crippen LogP contribution in [0.15, 0.2) is 24.3 Å². The molecule has 1 aromatic carbocycles. The van der Waals surface area contributed by atoms with Crippen LogP contribution in [0.4, 0.5) is 0 Å². The van der Waals surface area contributed by atoms with Gasteiger partial charge >= 0.3 is 0 Å². The molecule has 1 aliphatic rings. The molecule has 0 aliphatic heterocycles. The van der Waals surface area contributed by atoms with Crippen molar-refractivity contribution in [2.45, 2.75) is 44.6 Å². The van der Waals surface area contributed by atoms with Gasteiger partial charge in [-0.05, 0) is 49.8 Å². The van der Waals surface area contributed by atoms with Crippen molar-refractivity contribution in [2.24, 2.45) is 11.7 Å². The van der Waals surface area contributed by atoms with Gasteiger partial charge in [0.05, 0.1) is 5.60 Å². The lowest BCUT2D eigenvalue weighted by Gasteiger charge is -2.31. The quantitative estimate of drug-likeness (QED) is 0.839. The van der Waals surface area contributed by atoms with Crippen molar-refractivity contribution in [1.29, 1.82) is 0 Å². The average molecular weight is 233 g/mol. The van der Waals surface area contributed by atoms with Crippen LogP contribution in [0.2, 0.25) is 0 Å². The molecule has 17 heavy (non-hydrogen) atoms. The van der Waals surface area contributed by atoms with Gasteiger partial charge in [0.2, 0.25) is 0 Å². The molecule has 0 bridgehead atoms. The second-order valence-electron chi connectivity index (χ2n) is 5.37. The highest BCUT2D eigenvalue weighted by atomic mass is 16.3. The lowest BCUT2D eigenvalue weighted by molar-refractivity contribution is -0.00338. The Kier molecular flexibility index (Phi) is 3.85. The highest BCUT2D eigenvalue weighted by Crippen LogP contribution is 2.40. The molecule has 94 valence electrons. The Balaban J connectivity index is 2.22. The van der Waals surface area contributed by atoms with Gasteiger partial charge in [0.15, 0.2) is 0 Å². The van der Waals surface area contributed by atoms with Gasteiger partial charge in [-0.25, -0.2) is 0 Å². The van der Waals surface area contributed by atoms with Gasteiger partial charge < -0.3 is 10.8 Å². The van der Waals surface area contributed by atoms with Crippen molar-refractivity contribution in [3.63, 3.8) is 0 Å². The summed E-state index contributed by atoms with van der Waals surface area (Å²) in [6.45, 7) is 2.62. The third kappa shape index (κ3) is 2.70. The van der Waals surface area contributed by atoms with Crippen molar-refractivity contribution in [2.75, 3.05) is 6.54 Å². The normalized spacial score (nSPS) is 20.4. The zero-order valence-electron chi connectivity index (χ0n) is 10.7. The standard InChI is InChI=1S/C15H23NO/c1-15(17,13-6-2-3-7-13)14-8-4-5-12(11-14)9-10-16/h4-5,8,11,13,17H,2-3,6-7,9-10,16H2,1H3. The van der Waals surface area contributed by atoms with Gasteiger partial charge in [-0.2, -0.15) is 0 Å². The Morgan fingerprint density at radius 2 is 2.06 bits per heavy atom. The molecule has 1 aromatic rings. The van der Waals surface area contributed by atoms with Crippen LogP contribution in [0.25, 0.3) is 0 Å². The van der Waals surface area contributed by atoms with Gasteiger partial charge in [0.1, 0.15) is 0 Å². The highest BCUT2D eigenvalue weighted by molar-refractivity contribution is 5.29. The Morgan fingerprint density at radius 3 is 2.71 bits per heavy atom. The predicted molar refractivity (Wildman–Crippen MR) is 70.7 cm³/mol. The molecule has 0 amide bonds. The summed E-state index contributed by atoms with van der Waals surface area (Å²) in [5.41, 5.74) is 7.18. The Morgan fingerprint density at radius 1 is 1.35 bits per heavy atom. The topological polar surface area (TPSA) is 46.2 Å². The molecule has 0 spiro atoms. The molecule has 1 fully saturated rings. The van der Waals surface area contributed by atoms with E-state index in [9.17, 15) is 5.11 Å². The maximum Gasteiger partial charge on any atom is 0.0896 e. The van der Waals surface area contributed by atoms with Crippen molar-refractivity contribution >= 4 is 0 Å². The van der Waals surface area contributed by atoms with E-state index in [1.54, 1.807) is 0 Å². The number of hydrogen-bond donors (Lipinski definition) is 2. The molecule has 0 aromatic heterocycles. The number of hydrogen-bond acceptors (Lipinski definition) is 2. The van der Waals surface area contributed by atoms with Gasteiger partial charge in [-0.3, -0.25) is 0 Å². The number of benzene rings is 1. The van der Waals surface area contributed by atoms with E-state index in [4.69, 9.17) is 5.73 Å². The zero-order chi connectivity index (χ0) is 12.3. The van der Waals surface area contributed by atoms with Crippen molar-refractivity contribution in [3.8, 4) is 0 Å². The molecule has 3 N–H and O–H groups in total. The van der Waals surface area contributed by atoms with E-state index in [-0.39, 0.29) is 0 Å². The minimum Gasteiger partial charge on any atom is -0.385 e. The van der Waals surface area contributed by atoms with Crippen LogP contribution in [0.3, 0.4) is 0 Å². The first-order valence-electron chi connectivity index (χ1n) is 6.66. The van der Waals surface area contributed by atoms with Crippen LogP contribution >= 0.6 is 0 Å². The van der Waals surface area contributed by atoms with E-state index in [0.717, 1.165) is 24.8 Å². The Bertz CT molecular complexity index is 367. The van der Waals surface area contributed by atoms with Gasteiger partial charge in [-0.1, -0.05) is 37.1 Å². The summed E-state index contributed by atoms with van der Waals surface area (Å²) >= 11 is 0. The molecule has 2 nitrogen and oxygen atoms in total. The largest absolute Gasteiger partial charge is 0.385 e. The van der Waals surface area contributed by atoms with Crippen LogP contribution in [-0.2, 0) is 12.0 Å². The summed E-state index contributed by atoms with van der Waals surface area (Å²) in [6.07, 6.45) is 5.68. The number of nitrogens with two attached hydrogens (primary N) is 1. The van der Waals surface area contributed by atoms with Crippen LogP contribution in [0.1, 0.15) is 43.7 Å². The van der Waals surface area contributed by atoms with Gasteiger partial charge in [-0.15, -0.1) is 0 Å². The fourth-order valence-corrected chi connectivity index (χ4v) is 2.93. The second kappa shape index (κ2) is 5.19. The van der Waals surface area contributed by atoms with Gasteiger partial charge in [0, 0.05) is 0 Å². The summed E-state index contributed by atoms with van der Waals surface area (Å²) in [5, 5.41) is 10.7. The highest BCUT2D eigenvalue weighted by Gasteiger charge is 2.35. The first kappa shape index (κ1) is 12.6. The van der Waals surface area contributed by atoms with Crippen LogP contribution < -0.4 is 5.73 Å². The maximum absolute atomic E-state index is 10.7. The minimum absolute atomic E-state index is 0.413.